The monoisotopic (exact) mass is 292 g/mol. The lowest BCUT2D eigenvalue weighted by Crippen LogP contribution is -2.11. The van der Waals surface area contributed by atoms with Crippen molar-refractivity contribution in [2.45, 2.75) is 12.8 Å². The Kier molecular flexibility index (Phi) is 4.81. The zero-order valence-corrected chi connectivity index (χ0v) is 11.0. The number of benzene rings is 2. The summed E-state index contributed by atoms with van der Waals surface area (Å²) in [5.41, 5.74) is 1.26. The van der Waals surface area contributed by atoms with Gasteiger partial charge in [-0.15, -0.1) is 10.1 Å². The number of nitrogens with zero attached hydrogens (tertiary/aromatic N) is 1. The Labute approximate surface area is 120 Å². The number of hydrogen-bond donors (Lipinski definition) is 0. The molecular formula is C15H12F2NO3. The molecule has 2 rings (SSSR count). The van der Waals surface area contributed by atoms with Crippen LogP contribution in [0.3, 0.4) is 0 Å². The first-order valence-electron chi connectivity index (χ1n) is 6.23. The van der Waals surface area contributed by atoms with E-state index in [4.69, 9.17) is 0 Å². The summed E-state index contributed by atoms with van der Waals surface area (Å²) in [5.74, 6) is -0.777. The van der Waals surface area contributed by atoms with Crippen molar-refractivity contribution in [2.24, 2.45) is 0 Å². The van der Waals surface area contributed by atoms with E-state index in [-0.39, 0.29) is 18.3 Å². The van der Waals surface area contributed by atoms with Gasteiger partial charge in [0, 0.05) is 0 Å². The maximum atomic E-state index is 12.9. The van der Waals surface area contributed by atoms with E-state index in [1.807, 2.05) is 0 Å². The molecule has 0 saturated heterocycles. The van der Waals surface area contributed by atoms with Crippen LogP contribution in [0.2, 0.25) is 0 Å². The van der Waals surface area contributed by atoms with Crippen molar-refractivity contribution >= 4 is 0 Å². The molecule has 0 bridgehead atoms. The Morgan fingerprint density at radius 3 is 2.05 bits per heavy atom. The highest BCUT2D eigenvalue weighted by molar-refractivity contribution is 5.28. The minimum atomic E-state index is -0.899. The highest BCUT2D eigenvalue weighted by atomic mass is 19.1. The lowest BCUT2D eigenvalue weighted by Gasteiger charge is -2.14. The molecule has 0 atom stereocenters. The van der Waals surface area contributed by atoms with Gasteiger partial charge in [0.2, 0.25) is 0 Å². The summed E-state index contributed by atoms with van der Waals surface area (Å²) in [6.07, 6.45) is 0.823. The SMILES string of the molecule is O=[N+]([O-])O[C](CCc1ccc(F)cc1)c1ccc(F)cc1. The summed E-state index contributed by atoms with van der Waals surface area (Å²) in [6, 6.07) is 11.1. The molecule has 0 spiro atoms. The molecule has 0 fully saturated rings. The van der Waals surface area contributed by atoms with Gasteiger partial charge in [-0.3, -0.25) is 4.84 Å². The van der Waals surface area contributed by atoms with Crippen LogP contribution in [0.25, 0.3) is 0 Å². The summed E-state index contributed by atoms with van der Waals surface area (Å²) >= 11 is 0. The first kappa shape index (κ1) is 14.9. The molecule has 0 aliphatic heterocycles. The molecule has 2 aromatic carbocycles. The Morgan fingerprint density at radius 1 is 1.00 bits per heavy atom. The first-order valence-corrected chi connectivity index (χ1v) is 6.23. The van der Waals surface area contributed by atoms with Crippen molar-refractivity contribution in [1.82, 2.24) is 0 Å². The average Bonchev–Trinajstić information content (AvgIpc) is 2.46. The molecule has 0 unspecified atom stereocenters. The van der Waals surface area contributed by atoms with Crippen molar-refractivity contribution < 1.29 is 18.7 Å². The number of rotatable bonds is 6. The lowest BCUT2D eigenvalue weighted by molar-refractivity contribution is -0.751. The fraction of sp³-hybridized carbons (Fsp3) is 0.133. The second kappa shape index (κ2) is 6.78. The topological polar surface area (TPSA) is 52.4 Å². The van der Waals surface area contributed by atoms with Gasteiger partial charge in [-0.25, -0.2) is 8.78 Å². The van der Waals surface area contributed by atoms with Crippen molar-refractivity contribution in [3.63, 3.8) is 0 Å². The third-order valence-corrected chi connectivity index (χ3v) is 2.90. The highest BCUT2D eigenvalue weighted by Gasteiger charge is 2.17. The van der Waals surface area contributed by atoms with Crippen LogP contribution >= 0.6 is 0 Å². The van der Waals surface area contributed by atoms with Crippen molar-refractivity contribution in [2.75, 3.05) is 0 Å². The van der Waals surface area contributed by atoms with E-state index in [0.717, 1.165) is 5.56 Å². The Balaban J connectivity index is 2.07. The molecule has 109 valence electrons. The minimum Gasteiger partial charge on any atom is -0.299 e. The first-order chi connectivity index (χ1) is 10.0. The van der Waals surface area contributed by atoms with Crippen LogP contribution < -0.4 is 0 Å². The number of aryl methyl sites for hydroxylation is 1. The number of hydrogen-bond acceptors (Lipinski definition) is 3. The van der Waals surface area contributed by atoms with E-state index in [1.54, 1.807) is 12.1 Å². The van der Waals surface area contributed by atoms with Crippen LogP contribution in [0.1, 0.15) is 17.5 Å². The van der Waals surface area contributed by atoms with Crippen LogP contribution in [-0.2, 0) is 11.3 Å². The van der Waals surface area contributed by atoms with E-state index < -0.39 is 10.9 Å². The molecule has 0 N–H and O–H groups in total. The van der Waals surface area contributed by atoms with E-state index in [0.29, 0.717) is 12.0 Å². The largest absolute Gasteiger partial charge is 0.299 e. The van der Waals surface area contributed by atoms with Crippen molar-refractivity contribution in [1.29, 1.82) is 0 Å². The van der Waals surface area contributed by atoms with Gasteiger partial charge in [0.1, 0.15) is 11.6 Å². The van der Waals surface area contributed by atoms with Crippen LogP contribution in [0.5, 0.6) is 0 Å². The Morgan fingerprint density at radius 2 is 1.52 bits per heavy atom. The van der Waals surface area contributed by atoms with Gasteiger partial charge >= 0.3 is 0 Å². The van der Waals surface area contributed by atoms with Crippen LogP contribution in [0.4, 0.5) is 8.78 Å². The third-order valence-electron chi connectivity index (χ3n) is 2.90. The smallest absolute Gasteiger partial charge is 0.295 e. The molecule has 0 aliphatic rings. The Bertz CT molecular complexity index is 599. The standard InChI is InChI=1S/C15H12F2NO3/c16-13-6-1-11(2-7-13)3-10-15(21-18(19)20)12-4-8-14(17)9-5-12/h1-2,4-9H,3,10H2. The molecule has 1 radical (unpaired) electrons. The summed E-state index contributed by atoms with van der Waals surface area (Å²) in [6.45, 7) is 0. The molecule has 2 aromatic rings. The fourth-order valence-electron chi connectivity index (χ4n) is 1.88. The summed E-state index contributed by atoms with van der Waals surface area (Å²) in [7, 11) is 0. The van der Waals surface area contributed by atoms with Gasteiger partial charge in [-0.2, -0.15) is 0 Å². The zero-order chi connectivity index (χ0) is 15.2. The average molecular weight is 292 g/mol. The van der Waals surface area contributed by atoms with Gasteiger partial charge in [-0.1, -0.05) is 24.3 Å². The van der Waals surface area contributed by atoms with Crippen molar-refractivity contribution in [3.8, 4) is 0 Å². The van der Waals surface area contributed by atoms with Gasteiger partial charge in [0.25, 0.3) is 5.09 Å². The predicted octanol–water partition coefficient (Wildman–Crippen LogP) is 3.69. The summed E-state index contributed by atoms with van der Waals surface area (Å²) in [4.78, 5) is 15.1. The quantitative estimate of drug-likeness (QED) is 0.602. The molecular weight excluding hydrogens is 280 g/mol. The third kappa shape index (κ3) is 4.52. The van der Waals surface area contributed by atoms with Crippen LogP contribution in [0.15, 0.2) is 48.5 Å². The molecule has 6 heteroatoms. The maximum absolute atomic E-state index is 12.9. The highest BCUT2D eigenvalue weighted by Crippen LogP contribution is 2.23. The van der Waals surface area contributed by atoms with E-state index >= 15 is 0 Å². The fourth-order valence-corrected chi connectivity index (χ4v) is 1.88. The van der Waals surface area contributed by atoms with E-state index in [9.17, 15) is 18.9 Å². The van der Waals surface area contributed by atoms with Crippen molar-refractivity contribution in [3.05, 3.63) is 87.5 Å². The molecule has 21 heavy (non-hydrogen) atoms. The molecule has 0 aromatic heterocycles. The zero-order valence-electron chi connectivity index (χ0n) is 11.0. The Hall–Kier alpha value is -2.50. The second-order valence-corrected chi connectivity index (χ2v) is 4.37. The van der Waals surface area contributed by atoms with Gasteiger partial charge in [0.15, 0.2) is 6.10 Å². The van der Waals surface area contributed by atoms with Gasteiger partial charge < -0.3 is 0 Å². The van der Waals surface area contributed by atoms with E-state index in [1.165, 1.54) is 36.4 Å². The second-order valence-electron chi connectivity index (χ2n) is 4.37. The number of halogens is 2. The van der Waals surface area contributed by atoms with E-state index in [2.05, 4.69) is 4.84 Å². The summed E-state index contributed by atoms with van der Waals surface area (Å²) in [5, 5.41) is 9.65. The lowest BCUT2D eigenvalue weighted by atomic mass is 10.0. The molecule has 0 amide bonds. The summed E-state index contributed by atoms with van der Waals surface area (Å²) < 4.78 is 25.7. The normalized spacial score (nSPS) is 10.6. The van der Waals surface area contributed by atoms with Crippen LogP contribution in [0, 0.1) is 27.9 Å². The van der Waals surface area contributed by atoms with Gasteiger partial charge in [-0.05, 0) is 48.2 Å². The molecule has 4 nitrogen and oxygen atoms in total. The van der Waals surface area contributed by atoms with Crippen LogP contribution in [-0.4, -0.2) is 5.09 Å². The molecule has 0 saturated carbocycles. The predicted molar refractivity (Wildman–Crippen MR) is 71.5 cm³/mol. The molecule has 0 aliphatic carbocycles. The molecule has 0 heterocycles. The van der Waals surface area contributed by atoms with Gasteiger partial charge in [0.05, 0.1) is 0 Å². The maximum Gasteiger partial charge on any atom is 0.295 e. The minimum absolute atomic E-state index is 0.129.